The highest BCUT2D eigenvalue weighted by Gasteiger charge is 2.49. The summed E-state index contributed by atoms with van der Waals surface area (Å²) in [6.45, 7) is 7.58. The van der Waals surface area contributed by atoms with Crippen molar-refractivity contribution in [3.8, 4) is 0 Å². The first-order valence-electron chi connectivity index (χ1n) is 10.9. The molecule has 2 atom stereocenters. The number of urea groups is 1. The summed E-state index contributed by atoms with van der Waals surface area (Å²) in [6, 6.07) is 3.06. The number of carbonyl (C=O) groups excluding carboxylic acids is 3. The number of piperidine rings is 1. The zero-order chi connectivity index (χ0) is 21.9. The molecule has 0 bridgehead atoms. The lowest BCUT2D eigenvalue weighted by atomic mass is 9.72. The molecule has 0 radical (unpaired) electrons. The van der Waals surface area contributed by atoms with Crippen LogP contribution in [-0.2, 0) is 4.79 Å². The minimum Gasteiger partial charge on any atom is -0.351 e. The van der Waals surface area contributed by atoms with Crippen LogP contribution in [0.5, 0.6) is 0 Å². The van der Waals surface area contributed by atoms with E-state index in [4.69, 9.17) is 5.73 Å². The van der Waals surface area contributed by atoms with Gasteiger partial charge >= 0.3 is 6.03 Å². The summed E-state index contributed by atoms with van der Waals surface area (Å²) in [7, 11) is 0. The zero-order valence-corrected chi connectivity index (χ0v) is 18.2. The van der Waals surface area contributed by atoms with Gasteiger partial charge in [-0.25, -0.2) is 4.79 Å². The van der Waals surface area contributed by atoms with E-state index in [1.165, 1.54) is 0 Å². The molecular formula is C22H33N5O3. The first kappa shape index (κ1) is 22.1. The Bertz CT molecular complexity index is 790. The van der Waals surface area contributed by atoms with Crippen LogP contribution in [0.15, 0.2) is 18.3 Å². The van der Waals surface area contributed by atoms with Crippen LogP contribution in [-0.4, -0.2) is 63.8 Å². The molecule has 0 saturated carbocycles. The molecular weight excluding hydrogens is 382 g/mol. The van der Waals surface area contributed by atoms with Gasteiger partial charge in [-0.3, -0.25) is 14.6 Å². The van der Waals surface area contributed by atoms with E-state index in [0.29, 0.717) is 44.5 Å². The molecule has 1 unspecified atom stereocenters. The average Bonchev–Trinajstić information content (AvgIpc) is 3.21. The molecule has 1 aromatic rings. The van der Waals surface area contributed by atoms with Crippen LogP contribution in [0.2, 0.25) is 0 Å². The van der Waals surface area contributed by atoms with Crippen LogP contribution >= 0.6 is 0 Å². The molecule has 164 valence electrons. The SMILES string of the molecule is CCC1(CC)C(C(=O)N[C@@H]2CCN(C(=O)c3ccc(C)nc3)C2)CCCN1C(N)=O. The fourth-order valence-corrected chi connectivity index (χ4v) is 5.10. The Kier molecular flexibility index (Phi) is 6.63. The molecule has 30 heavy (non-hydrogen) atoms. The van der Waals surface area contributed by atoms with Gasteiger partial charge in [0.2, 0.25) is 5.91 Å². The fourth-order valence-electron chi connectivity index (χ4n) is 5.10. The largest absolute Gasteiger partial charge is 0.351 e. The molecule has 2 aliphatic heterocycles. The number of nitrogens with zero attached hydrogens (tertiary/aromatic N) is 3. The van der Waals surface area contributed by atoms with Gasteiger partial charge in [0, 0.05) is 37.6 Å². The van der Waals surface area contributed by atoms with Crippen LogP contribution in [0, 0.1) is 12.8 Å². The number of hydrogen-bond donors (Lipinski definition) is 2. The molecule has 2 fully saturated rings. The predicted octanol–water partition coefficient (Wildman–Crippen LogP) is 2.07. The normalized spacial score (nSPS) is 23.3. The van der Waals surface area contributed by atoms with E-state index < -0.39 is 11.6 Å². The second-order valence-electron chi connectivity index (χ2n) is 8.43. The maximum atomic E-state index is 13.2. The van der Waals surface area contributed by atoms with Crippen molar-refractivity contribution < 1.29 is 14.4 Å². The zero-order valence-electron chi connectivity index (χ0n) is 18.2. The van der Waals surface area contributed by atoms with Crippen molar-refractivity contribution in [2.45, 2.75) is 64.5 Å². The first-order chi connectivity index (χ1) is 14.3. The Morgan fingerprint density at radius 2 is 1.93 bits per heavy atom. The molecule has 8 heteroatoms. The van der Waals surface area contributed by atoms with Gasteiger partial charge in [-0.05, 0) is 51.2 Å². The van der Waals surface area contributed by atoms with E-state index >= 15 is 0 Å². The first-order valence-corrected chi connectivity index (χ1v) is 10.9. The molecule has 4 amide bonds. The molecule has 2 saturated heterocycles. The monoisotopic (exact) mass is 415 g/mol. The number of carbonyl (C=O) groups is 3. The second-order valence-corrected chi connectivity index (χ2v) is 8.43. The van der Waals surface area contributed by atoms with Crippen LogP contribution in [0.3, 0.4) is 0 Å². The maximum absolute atomic E-state index is 13.2. The number of amides is 4. The second kappa shape index (κ2) is 9.02. The molecule has 3 heterocycles. The topological polar surface area (TPSA) is 109 Å². The van der Waals surface area contributed by atoms with Crippen LogP contribution in [0.25, 0.3) is 0 Å². The van der Waals surface area contributed by atoms with Gasteiger partial charge in [-0.2, -0.15) is 0 Å². The van der Waals surface area contributed by atoms with Crippen molar-refractivity contribution in [1.29, 1.82) is 0 Å². The Morgan fingerprint density at radius 1 is 1.20 bits per heavy atom. The predicted molar refractivity (Wildman–Crippen MR) is 114 cm³/mol. The van der Waals surface area contributed by atoms with Crippen LogP contribution in [0.4, 0.5) is 4.79 Å². The van der Waals surface area contributed by atoms with Crippen molar-refractivity contribution in [1.82, 2.24) is 20.1 Å². The Balaban J connectivity index is 1.66. The highest BCUT2D eigenvalue weighted by molar-refractivity contribution is 5.94. The molecule has 3 rings (SSSR count). The lowest BCUT2D eigenvalue weighted by molar-refractivity contribution is -0.133. The molecule has 0 aliphatic carbocycles. The molecule has 0 aromatic carbocycles. The van der Waals surface area contributed by atoms with E-state index in [1.54, 1.807) is 22.1 Å². The number of nitrogens with one attached hydrogen (secondary N) is 1. The lowest BCUT2D eigenvalue weighted by Gasteiger charge is -2.50. The summed E-state index contributed by atoms with van der Waals surface area (Å²) in [5, 5.41) is 3.15. The van der Waals surface area contributed by atoms with Gasteiger partial charge in [0.15, 0.2) is 0 Å². The number of pyridine rings is 1. The summed E-state index contributed by atoms with van der Waals surface area (Å²) < 4.78 is 0. The highest BCUT2D eigenvalue weighted by Crippen LogP contribution is 2.39. The molecule has 1 aromatic heterocycles. The van der Waals surface area contributed by atoms with Crippen molar-refractivity contribution >= 4 is 17.8 Å². The Labute approximate surface area is 178 Å². The average molecular weight is 416 g/mol. The Morgan fingerprint density at radius 3 is 2.53 bits per heavy atom. The number of nitrogens with two attached hydrogens (primary N) is 1. The number of likely N-dealkylation sites (tertiary alicyclic amines) is 2. The third-order valence-electron chi connectivity index (χ3n) is 6.85. The quantitative estimate of drug-likeness (QED) is 0.767. The van der Waals surface area contributed by atoms with Crippen LogP contribution < -0.4 is 11.1 Å². The number of rotatable bonds is 5. The van der Waals surface area contributed by atoms with Crippen molar-refractivity contribution in [2.75, 3.05) is 19.6 Å². The molecule has 0 spiro atoms. The molecule has 3 N–H and O–H groups in total. The van der Waals surface area contributed by atoms with Crippen molar-refractivity contribution in [2.24, 2.45) is 11.7 Å². The molecule has 2 aliphatic rings. The maximum Gasteiger partial charge on any atom is 0.315 e. The lowest BCUT2D eigenvalue weighted by Crippen LogP contribution is -2.63. The van der Waals surface area contributed by atoms with Crippen LogP contribution in [0.1, 0.15) is 62.0 Å². The number of aryl methyl sites for hydroxylation is 1. The third-order valence-corrected chi connectivity index (χ3v) is 6.85. The van der Waals surface area contributed by atoms with Gasteiger partial charge in [0.25, 0.3) is 5.91 Å². The minimum atomic E-state index is -0.546. The smallest absolute Gasteiger partial charge is 0.315 e. The van der Waals surface area contributed by atoms with E-state index in [-0.39, 0.29) is 23.8 Å². The van der Waals surface area contributed by atoms with Crippen molar-refractivity contribution in [3.05, 3.63) is 29.6 Å². The van der Waals surface area contributed by atoms with E-state index in [2.05, 4.69) is 10.3 Å². The Hall–Kier alpha value is -2.64. The summed E-state index contributed by atoms with van der Waals surface area (Å²) in [4.78, 5) is 45.6. The summed E-state index contributed by atoms with van der Waals surface area (Å²) >= 11 is 0. The van der Waals surface area contributed by atoms with Gasteiger partial charge in [-0.15, -0.1) is 0 Å². The summed E-state index contributed by atoms with van der Waals surface area (Å²) in [6.07, 6.45) is 5.18. The van der Waals surface area contributed by atoms with Crippen molar-refractivity contribution in [3.63, 3.8) is 0 Å². The summed E-state index contributed by atoms with van der Waals surface area (Å²) in [5.74, 6) is -0.394. The summed E-state index contributed by atoms with van der Waals surface area (Å²) in [5.41, 5.74) is 6.53. The van der Waals surface area contributed by atoms with E-state index in [9.17, 15) is 14.4 Å². The van der Waals surface area contributed by atoms with E-state index in [1.807, 2.05) is 26.8 Å². The van der Waals surface area contributed by atoms with Gasteiger partial charge in [0.1, 0.15) is 0 Å². The number of aromatic nitrogens is 1. The van der Waals surface area contributed by atoms with E-state index in [0.717, 1.165) is 18.5 Å². The van der Waals surface area contributed by atoms with Gasteiger partial charge < -0.3 is 20.9 Å². The van der Waals surface area contributed by atoms with Gasteiger partial charge in [-0.1, -0.05) is 13.8 Å². The third kappa shape index (κ3) is 4.13. The number of hydrogen-bond acceptors (Lipinski definition) is 4. The minimum absolute atomic E-state index is 0.0408. The molecule has 8 nitrogen and oxygen atoms in total. The van der Waals surface area contributed by atoms with Gasteiger partial charge in [0.05, 0.1) is 17.0 Å². The number of primary amides is 1. The fraction of sp³-hybridized carbons (Fsp3) is 0.636. The highest BCUT2D eigenvalue weighted by atomic mass is 16.2. The standard InChI is InChI=1S/C22H33N5O3/c1-4-22(5-2)18(7-6-11-27(22)21(23)30)19(28)25-17-10-12-26(14-17)20(29)16-9-8-15(3)24-13-16/h8-9,13,17-18H,4-7,10-12,14H2,1-3H3,(H2,23,30)(H,25,28)/t17-,18?/m1/s1.